The van der Waals surface area contributed by atoms with E-state index in [1.165, 1.54) is 0 Å². The molecule has 0 atom stereocenters. The van der Waals surface area contributed by atoms with Crippen LogP contribution >= 0.6 is 11.6 Å². The number of hydrogen-bond acceptors (Lipinski definition) is 6. The number of halogens is 1. The molecule has 5 rings (SSSR count). The number of aryl methyl sites for hydroxylation is 1. The van der Waals surface area contributed by atoms with Crippen LogP contribution in [-0.4, -0.2) is 45.8 Å². The first kappa shape index (κ1) is 19.8. The molecule has 1 fully saturated rings. The van der Waals surface area contributed by atoms with E-state index in [1.54, 1.807) is 0 Å². The van der Waals surface area contributed by atoms with Gasteiger partial charge >= 0.3 is 6.01 Å². The second kappa shape index (κ2) is 8.53. The third-order valence-electron chi connectivity index (χ3n) is 5.30. The van der Waals surface area contributed by atoms with E-state index in [0.29, 0.717) is 24.2 Å². The summed E-state index contributed by atoms with van der Waals surface area (Å²) < 4.78 is 13.5. The summed E-state index contributed by atoms with van der Waals surface area (Å²) in [7, 11) is 1.96. The number of benzene rings is 2. The summed E-state index contributed by atoms with van der Waals surface area (Å²) in [6.07, 6.45) is 2.00. The van der Waals surface area contributed by atoms with Gasteiger partial charge in [0.2, 0.25) is 0 Å². The van der Waals surface area contributed by atoms with Crippen molar-refractivity contribution in [2.24, 2.45) is 7.05 Å². The van der Waals surface area contributed by atoms with E-state index in [9.17, 15) is 0 Å². The molecule has 0 unspecified atom stereocenters. The molecule has 0 spiro atoms. The summed E-state index contributed by atoms with van der Waals surface area (Å²) in [6.45, 7) is 3.12. The van der Waals surface area contributed by atoms with E-state index in [-0.39, 0.29) is 6.61 Å². The number of nitrogens with zero attached hydrogens (tertiary/aromatic N) is 5. The zero-order valence-corrected chi connectivity index (χ0v) is 17.9. The summed E-state index contributed by atoms with van der Waals surface area (Å²) in [5.41, 5.74) is 2.77. The van der Waals surface area contributed by atoms with Crippen LogP contribution in [0, 0.1) is 0 Å². The standard InChI is InChI=1S/C23H22ClN5O2/c1-28-14-20(16-5-3-2-4-6-16)25-21(28)15-31-23-26-19-8-7-17(24)13-18(19)22(27-23)29-9-11-30-12-10-29/h2-8,13-14H,9-12,15H2,1H3. The lowest BCUT2D eigenvalue weighted by molar-refractivity contribution is 0.122. The Balaban J connectivity index is 1.43. The molecule has 0 amide bonds. The molecule has 7 nitrogen and oxygen atoms in total. The van der Waals surface area contributed by atoms with Crippen LogP contribution in [0.15, 0.2) is 54.7 Å². The SMILES string of the molecule is Cn1cc(-c2ccccc2)nc1COc1nc(N2CCOCC2)c2cc(Cl)ccc2n1. The van der Waals surface area contributed by atoms with Crippen molar-refractivity contribution in [3.8, 4) is 17.3 Å². The third kappa shape index (κ3) is 4.19. The predicted molar refractivity (Wildman–Crippen MR) is 121 cm³/mol. The second-order valence-corrected chi connectivity index (χ2v) is 7.84. The molecule has 2 aromatic carbocycles. The lowest BCUT2D eigenvalue weighted by Crippen LogP contribution is -2.37. The molecule has 2 aromatic heterocycles. The molecule has 158 valence electrons. The molecule has 1 aliphatic heterocycles. The van der Waals surface area contributed by atoms with Gasteiger partial charge in [-0.05, 0) is 18.2 Å². The van der Waals surface area contributed by atoms with Crippen molar-refractivity contribution in [2.45, 2.75) is 6.61 Å². The quantitative estimate of drug-likeness (QED) is 0.470. The molecule has 31 heavy (non-hydrogen) atoms. The highest BCUT2D eigenvalue weighted by atomic mass is 35.5. The van der Waals surface area contributed by atoms with Gasteiger partial charge < -0.3 is 18.9 Å². The molecule has 0 aliphatic carbocycles. The maximum absolute atomic E-state index is 6.24. The van der Waals surface area contributed by atoms with E-state index < -0.39 is 0 Å². The van der Waals surface area contributed by atoms with Crippen molar-refractivity contribution in [2.75, 3.05) is 31.2 Å². The highest BCUT2D eigenvalue weighted by Crippen LogP contribution is 2.29. The van der Waals surface area contributed by atoms with E-state index in [4.69, 9.17) is 31.0 Å². The van der Waals surface area contributed by atoms with Crippen molar-refractivity contribution in [3.05, 3.63) is 65.6 Å². The van der Waals surface area contributed by atoms with Gasteiger partial charge in [0.25, 0.3) is 0 Å². The average Bonchev–Trinajstić information content (AvgIpc) is 3.19. The van der Waals surface area contributed by atoms with Crippen LogP contribution in [0.4, 0.5) is 5.82 Å². The third-order valence-corrected chi connectivity index (χ3v) is 5.54. The zero-order chi connectivity index (χ0) is 21.2. The highest BCUT2D eigenvalue weighted by Gasteiger charge is 2.19. The van der Waals surface area contributed by atoms with E-state index >= 15 is 0 Å². The van der Waals surface area contributed by atoms with Gasteiger partial charge in [0, 0.05) is 42.3 Å². The van der Waals surface area contributed by atoms with Crippen LogP contribution in [-0.2, 0) is 18.4 Å². The number of fused-ring (bicyclic) bond motifs is 1. The van der Waals surface area contributed by atoms with Gasteiger partial charge in [-0.25, -0.2) is 4.98 Å². The van der Waals surface area contributed by atoms with Crippen LogP contribution < -0.4 is 9.64 Å². The minimum Gasteiger partial charge on any atom is -0.455 e. The van der Waals surface area contributed by atoms with Gasteiger partial charge in [-0.2, -0.15) is 9.97 Å². The van der Waals surface area contributed by atoms with Crippen molar-refractivity contribution >= 4 is 28.3 Å². The summed E-state index contributed by atoms with van der Waals surface area (Å²) in [6, 6.07) is 16.0. The first-order valence-corrected chi connectivity index (χ1v) is 10.6. The zero-order valence-electron chi connectivity index (χ0n) is 17.2. The summed E-state index contributed by atoms with van der Waals surface area (Å²) in [5, 5.41) is 1.56. The molecule has 0 radical (unpaired) electrons. The second-order valence-electron chi connectivity index (χ2n) is 7.40. The van der Waals surface area contributed by atoms with Gasteiger partial charge in [0.15, 0.2) is 0 Å². The maximum atomic E-state index is 6.24. The Kier molecular flexibility index (Phi) is 5.44. The van der Waals surface area contributed by atoms with E-state index in [1.807, 2.05) is 66.3 Å². The summed E-state index contributed by atoms with van der Waals surface area (Å²) in [5.74, 6) is 1.61. The number of hydrogen-bond donors (Lipinski definition) is 0. The first-order chi connectivity index (χ1) is 15.2. The van der Waals surface area contributed by atoms with Crippen molar-refractivity contribution in [1.82, 2.24) is 19.5 Å². The molecule has 4 aromatic rings. The number of aromatic nitrogens is 4. The molecule has 1 aliphatic rings. The van der Waals surface area contributed by atoms with Crippen LogP contribution in [0.1, 0.15) is 5.82 Å². The Bertz CT molecular complexity index is 1210. The van der Waals surface area contributed by atoms with Crippen LogP contribution in [0.5, 0.6) is 6.01 Å². The number of morpholine rings is 1. The van der Waals surface area contributed by atoms with Gasteiger partial charge in [-0.1, -0.05) is 41.9 Å². The van der Waals surface area contributed by atoms with E-state index in [2.05, 4.69) is 9.88 Å². The molecular formula is C23H22ClN5O2. The van der Waals surface area contributed by atoms with Crippen molar-refractivity contribution in [1.29, 1.82) is 0 Å². The lowest BCUT2D eigenvalue weighted by atomic mass is 10.2. The Morgan fingerprint density at radius 1 is 1.03 bits per heavy atom. The summed E-state index contributed by atoms with van der Waals surface area (Å²) >= 11 is 6.24. The van der Waals surface area contributed by atoms with Crippen molar-refractivity contribution in [3.63, 3.8) is 0 Å². The molecular weight excluding hydrogens is 414 g/mol. The smallest absolute Gasteiger partial charge is 0.319 e. The normalized spacial score (nSPS) is 14.2. The monoisotopic (exact) mass is 435 g/mol. The molecule has 0 N–H and O–H groups in total. The summed E-state index contributed by atoms with van der Waals surface area (Å²) in [4.78, 5) is 16.2. The lowest BCUT2D eigenvalue weighted by Gasteiger charge is -2.28. The largest absolute Gasteiger partial charge is 0.455 e. The minimum atomic E-state index is 0.269. The van der Waals surface area contributed by atoms with Gasteiger partial charge in [-0.3, -0.25) is 0 Å². The Hall–Kier alpha value is -3.16. The molecule has 0 bridgehead atoms. The van der Waals surface area contributed by atoms with E-state index in [0.717, 1.165) is 46.9 Å². The van der Waals surface area contributed by atoms with Crippen LogP contribution in [0.25, 0.3) is 22.2 Å². The molecule has 3 heterocycles. The minimum absolute atomic E-state index is 0.269. The Labute approximate surface area is 185 Å². The van der Waals surface area contributed by atoms with Gasteiger partial charge in [-0.15, -0.1) is 0 Å². The molecule has 0 saturated carbocycles. The fourth-order valence-electron chi connectivity index (χ4n) is 3.66. The fraction of sp³-hybridized carbons (Fsp3) is 0.261. The predicted octanol–water partition coefficient (Wildman–Crippen LogP) is 4.10. The highest BCUT2D eigenvalue weighted by molar-refractivity contribution is 6.31. The molecule has 1 saturated heterocycles. The number of anilines is 1. The Morgan fingerprint density at radius 2 is 1.84 bits per heavy atom. The molecule has 8 heteroatoms. The number of rotatable bonds is 5. The number of imidazole rings is 1. The van der Waals surface area contributed by atoms with Crippen LogP contribution in [0.3, 0.4) is 0 Å². The first-order valence-electron chi connectivity index (χ1n) is 10.2. The Morgan fingerprint density at radius 3 is 2.65 bits per heavy atom. The maximum Gasteiger partial charge on any atom is 0.319 e. The van der Waals surface area contributed by atoms with Crippen LogP contribution in [0.2, 0.25) is 5.02 Å². The number of ether oxygens (including phenoxy) is 2. The van der Waals surface area contributed by atoms with Crippen molar-refractivity contribution < 1.29 is 9.47 Å². The van der Waals surface area contributed by atoms with Gasteiger partial charge in [0.05, 0.1) is 24.4 Å². The fourth-order valence-corrected chi connectivity index (χ4v) is 3.83. The average molecular weight is 436 g/mol. The topological polar surface area (TPSA) is 65.3 Å². The van der Waals surface area contributed by atoms with Gasteiger partial charge in [0.1, 0.15) is 18.2 Å².